The number of nitro groups is 1. The van der Waals surface area contributed by atoms with E-state index >= 15 is 0 Å². The summed E-state index contributed by atoms with van der Waals surface area (Å²) < 4.78 is 10.6. The third kappa shape index (κ3) is 2.98. The van der Waals surface area contributed by atoms with Crippen molar-refractivity contribution >= 4 is 17.3 Å². The van der Waals surface area contributed by atoms with Crippen LogP contribution in [0.5, 0.6) is 11.5 Å². The first-order valence-electron chi connectivity index (χ1n) is 9.06. The van der Waals surface area contributed by atoms with Crippen molar-refractivity contribution in [2.45, 2.75) is 25.3 Å². The van der Waals surface area contributed by atoms with Gasteiger partial charge in [-0.15, -0.1) is 0 Å². The molecule has 7 heteroatoms. The highest BCUT2D eigenvalue weighted by Gasteiger charge is 2.40. The standard InChI is InChI=1S/C21H20N2O5/c1-12(24)28-18-10-9-13(11-19(18)27-2)20-15-6-3-5-14(15)16-7-4-8-17(23(25)26)21(16)22-20/h3-5,7-11,14-15,20,22H,6H2,1-2H3. The van der Waals surface area contributed by atoms with Crippen molar-refractivity contribution in [1.29, 1.82) is 0 Å². The number of hydrogen-bond acceptors (Lipinski definition) is 6. The molecule has 28 heavy (non-hydrogen) atoms. The van der Waals surface area contributed by atoms with Gasteiger partial charge in [-0.05, 0) is 35.6 Å². The smallest absolute Gasteiger partial charge is 0.308 e. The molecule has 7 nitrogen and oxygen atoms in total. The van der Waals surface area contributed by atoms with E-state index in [1.807, 2.05) is 18.2 Å². The molecule has 1 aliphatic carbocycles. The third-order valence-electron chi connectivity index (χ3n) is 5.37. The Bertz CT molecular complexity index is 985. The molecule has 4 rings (SSSR count). The molecule has 0 fully saturated rings. The zero-order chi connectivity index (χ0) is 19.8. The summed E-state index contributed by atoms with van der Waals surface area (Å²) in [6, 6.07) is 10.5. The molecule has 144 valence electrons. The summed E-state index contributed by atoms with van der Waals surface area (Å²) >= 11 is 0. The van der Waals surface area contributed by atoms with Gasteiger partial charge in [-0.3, -0.25) is 14.9 Å². The van der Waals surface area contributed by atoms with Crippen LogP contribution >= 0.6 is 0 Å². The molecule has 0 aromatic heterocycles. The number of nitro benzene ring substituents is 1. The molecule has 2 aromatic rings. The number of fused-ring (bicyclic) bond motifs is 3. The highest BCUT2D eigenvalue weighted by atomic mass is 16.6. The quantitative estimate of drug-likeness (QED) is 0.279. The van der Waals surface area contributed by atoms with Crippen LogP contribution in [0.3, 0.4) is 0 Å². The summed E-state index contributed by atoms with van der Waals surface area (Å²) in [5.74, 6) is 0.720. The fraction of sp³-hybridized carbons (Fsp3) is 0.286. The van der Waals surface area contributed by atoms with Crippen LogP contribution in [0.15, 0.2) is 48.6 Å². The van der Waals surface area contributed by atoms with Gasteiger partial charge in [-0.1, -0.05) is 30.4 Å². The van der Waals surface area contributed by atoms with Crippen LogP contribution in [-0.2, 0) is 4.79 Å². The summed E-state index contributed by atoms with van der Waals surface area (Å²) in [6.07, 6.45) is 5.13. The number of anilines is 1. The molecule has 3 atom stereocenters. The number of esters is 1. The first-order chi connectivity index (χ1) is 13.5. The van der Waals surface area contributed by atoms with Gasteiger partial charge in [0.1, 0.15) is 5.69 Å². The van der Waals surface area contributed by atoms with E-state index in [-0.39, 0.29) is 28.5 Å². The number of nitrogens with one attached hydrogen (secondary N) is 1. The van der Waals surface area contributed by atoms with E-state index in [0.717, 1.165) is 17.5 Å². The summed E-state index contributed by atoms with van der Waals surface area (Å²) in [7, 11) is 1.51. The Hall–Kier alpha value is -3.35. The molecule has 1 N–H and O–H groups in total. The number of nitrogens with zero attached hydrogens (tertiary/aromatic N) is 1. The Labute approximate surface area is 162 Å². The second-order valence-electron chi connectivity index (χ2n) is 6.98. The summed E-state index contributed by atoms with van der Waals surface area (Å²) in [4.78, 5) is 22.5. The highest BCUT2D eigenvalue weighted by molar-refractivity contribution is 5.72. The molecule has 0 amide bonds. The van der Waals surface area contributed by atoms with E-state index in [1.165, 1.54) is 20.1 Å². The van der Waals surface area contributed by atoms with E-state index in [2.05, 4.69) is 17.5 Å². The number of allylic oxidation sites excluding steroid dienone is 2. The van der Waals surface area contributed by atoms with E-state index in [4.69, 9.17) is 9.47 Å². The molecule has 2 aromatic carbocycles. The molecule has 1 heterocycles. The van der Waals surface area contributed by atoms with Crippen LogP contribution in [0, 0.1) is 16.0 Å². The average molecular weight is 380 g/mol. The Morgan fingerprint density at radius 3 is 2.79 bits per heavy atom. The zero-order valence-corrected chi connectivity index (χ0v) is 15.5. The third-order valence-corrected chi connectivity index (χ3v) is 5.37. The van der Waals surface area contributed by atoms with Crippen LogP contribution in [0.2, 0.25) is 0 Å². The maximum atomic E-state index is 11.5. The fourth-order valence-corrected chi connectivity index (χ4v) is 4.20. The first-order valence-corrected chi connectivity index (χ1v) is 9.06. The molecule has 2 aliphatic rings. The summed E-state index contributed by atoms with van der Waals surface area (Å²) in [6.45, 7) is 1.33. The minimum atomic E-state index is -0.425. The van der Waals surface area contributed by atoms with Gasteiger partial charge < -0.3 is 14.8 Å². The van der Waals surface area contributed by atoms with Gasteiger partial charge in [0.2, 0.25) is 0 Å². The number of para-hydroxylation sites is 1. The first kappa shape index (κ1) is 18.0. The molecular weight excluding hydrogens is 360 g/mol. The van der Waals surface area contributed by atoms with E-state index in [0.29, 0.717) is 17.2 Å². The van der Waals surface area contributed by atoms with E-state index < -0.39 is 5.97 Å². The zero-order valence-electron chi connectivity index (χ0n) is 15.5. The van der Waals surface area contributed by atoms with Gasteiger partial charge in [0.15, 0.2) is 11.5 Å². The highest BCUT2D eigenvalue weighted by Crippen LogP contribution is 2.52. The topological polar surface area (TPSA) is 90.7 Å². The van der Waals surface area contributed by atoms with Crippen LogP contribution < -0.4 is 14.8 Å². The molecule has 0 saturated heterocycles. The lowest BCUT2D eigenvalue weighted by atomic mass is 9.76. The summed E-state index contributed by atoms with van der Waals surface area (Å²) in [5, 5.41) is 14.9. The SMILES string of the molecule is COc1cc(C2Nc3c(cccc3[N+](=O)[O-])C3C=CCC32)ccc1OC(C)=O. The molecule has 0 bridgehead atoms. The van der Waals surface area contributed by atoms with Crippen LogP contribution in [-0.4, -0.2) is 18.0 Å². The van der Waals surface area contributed by atoms with Crippen molar-refractivity contribution in [2.24, 2.45) is 5.92 Å². The minimum Gasteiger partial charge on any atom is -0.493 e. The van der Waals surface area contributed by atoms with Crippen molar-refractivity contribution in [2.75, 3.05) is 12.4 Å². The molecule has 1 aliphatic heterocycles. The molecular formula is C21H20N2O5. The molecule has 0 radical (unpaired) electrons. The Kier molecular flexibility index (Phi) is 4.50. The van der Waals surface area contributed by atoms with E-state index in [1.54, 1.807) is 12.1 Å². The van der Waals surface area contributed by atoms with Crippen LogP contribution in [0.25, 0.3) is 0 Å². The predicted molar refractivity (Wildman–Crippen MR) is 104 cm³/mol. The minimum absolute atomic E-state index is 0.0738. The lowest BCUT2D eigenvalue weighted by molar-refractivity contribution is -0.384. The van der Waals surface area contributed by atoms with Gasteiger partial charge in [0, 0.05) is 18.9 Å². The Morgan fingerprint density at radius 1 is 1.25 bits per heavy atom. The number of carbonyl (C=O) groups is 1. The van der Waals surface area contributed by atoms with Gasteiger partial charge in [0.05, 0.1) is 18.1 Å². The van der Waals surface area contributed by atoms with Crippen molar-refractivity contribution in [1.82, 2.24) is 0 Å². The maximum absolute atomic E-state index is 11.5. The molecule has 0 spiro atoms. The number of carbonyl (C=O) groups excluding carboxylic acids is 1. The van der Waals surface area contributed by atoms with Gasteiger partial charge >= 0.3 is 5.97 Å². The lowest BCUT2D eigenvalue weighted by Crippen LogP contribution is -2.29. The van der Waals surface area contributed by atoms with Crippen LogP contribution in [0.1, 0.15) is 36.4 Å². The molecule has 0 saturated carbocycles. The van der Waals surface area contributed by atoms with Crippen molar-refractivity contribution in [3.8, 4) is 11.5 Å². The number of hydrogen-bond donors (Lipinski definition) is 1. The van der Waals surface area contributed by atoms with Gasteiger partial charge in [0.25, 0.3) is 5.69 Å². The number of rotatable bonds is 4. The monoisotopic (exact) mass is 380 g/mol. The lowest BCUT2D eigenvalue weighted by Gasteiger charge is -2.37. The normalized spacial score (nSPS) is 22.0. The van der Waals surface area contributed by atoms with Gasteiger partial charge in [-0.25, -0.2) is 0 Å². The van der Waals surface area contributed by atoms with Crippen LogP contribution in [0.4, 0.5) is 11.4 Å². The fourth-order valence-electron chi connectivity index (χ4n) is 4.20. The average Bonchev–Trinajstić information content (AvgIpc) is 3.17. The van der Waals surface area contributed by atoms with Gasteiger partial charge in [-0.2, -0.15) is 0 Å². The predicted octanol–water partition coefficient (Wildman–Crippen LogP) is 4.36. The summed E-state index contributed by atoms with van der Waals surface area (Å²) in [5.41, 5.74) is 2.51. The second kappa shape index (κ2) is 6.99. The second-order valence-corrected chi connectivity index (χ2v) is 6.98. The Balaban J connectivity index is 1.77. The van der Waals surface area contributed by atoms with Crippen molar-refractivity contribution in [3.63, 3.8) is 0 Å². The van der Waals surface area contributed by atoms with Crippen molar-refractivity contribution in [3.05, 3.63) is 69.8 Å². The maximum Gasteiger partial charge on any atom is 0.308 e. The van der Waals surface area contributed by atoms with Crippen molar-refractivity contribution < 1.29 is 19.2 Å². The molecule has 3 unspecified atom stereocenters. The number of ether oxygens (including phenoxy) is 2. The largest absolute Gasteiger partial charge is 0.493 e. The number of benzene rings is 2. The Morgan fingerprint density at radius 2 is 2.07 bits per heavy atom. The van der Waals surface area contributed by atoms with E-state index in [9.17, 15) is 14.9 Å². The number of methoxy groups -OCH3 is 1.